The van der Waals surface area contributed by atoms with Gasteiger partial charge in [-0.2, -0.15) is 0 Å². The second kappa shape index (κ2) is 12.6. The Labute approximate surface area is 190 Å². The molecule has 1 aliphatic heterocycles. The van der Waals surface area contributed by atoms with Crippen LogP contribution in [0.4, 0.5) is 5.95 Å². The van der Waals surface area contributed by atoms with E-state index in [0.29, 0.717) is 0 Å². The number of hydrogen-bond donors (Lipinski definition) is 1. The lowest BCUT2D eigenvalue weighted by molar-refractivity contribution is 0.368. The lowest BCUT2D eigenvalue weighted by Gasteiger charge is -2.36. The third kappa shape index (κ3) is 6.79. The number of anilines is 1. The molecule has 1 aliphatic rings. The monoisotopic (exact) mass is 513 g/mol. The Balaban J connectivity index is 0.00000300. The van der Waals surface area contributed by atoms with Crippen molar-refractivity contribution < 1.29 is 0 Å². The van der Waals surface area contributed by atoms with Crippen molar-refractivity contribution in [3.63, 3.8) is 0 Å². The van der Waals surface area contributed by atoms with Gasteiger partial charge in [0.05, 0.1) is 0 Å². The Morgan fingerprint density at radius 1 is 1.14 bits per heavy atom. The molecule has 3 heterocycles. The maximum atomic E-state index is 4.84. The van der Waals surface area contributed by atoms with Gasteiger partial charge in [-0.1, -0.05) is 20.3 Å². The summed E-state index contributed by atoms with van der Waals surface area (Å²) in [7, 11) is 0. The Bertz CT molecular complexity index is 726. The second-order valence-corrected chi connectivity index (χ2v) is 6.80. The van der Waals surface area contributed by atoms with Crippen molar-refractivity contribution in [2.75, 3.05) is 44.2 Å². The zero-order valence-corrected chi connectivity index (χ0v) is 19.7. The van der Waals surface area contributed by atoms with Crippen molar-refractivity contribution in [3.05, 3.63) is 30.6 Å². The minimum atomic E-state index is 0. The van der Waals surface area contributed by atoms with E-state index in [0.717, 1.165) is 82.8 Å². The molecule has 160 valence electrons. The Morgan fingerprint density at radius 2 is 1.90 bits per heavy atom. The molecule has 0 unspecified atom stereocenters. The molecule has 0 amide bonds. The number of piperazine rings is 1. The van der Waals surface area contributed by atoms with Gasteiger partial charge in [0.2, 0.25) is 5.95 Å². The van der Waals surface area contributed by atoms with Crippen LogP contribution in [0, 0.1) is 0 Å². The number of aryl methyl sites for hydroxylation is 1. The smallest absolute Gasteiger partial charge is 0.225 e. The number of nitrogens with zero attached hydrogens (tertiary/aromatic N) is 8. The first-order valence-electron chi connectivity index (χ1n) is 10.2. The van der Waals surface area contributed by atoms with Crippen LogP contribution in [-0.4, -0.2) is 74.9 Å². The summed E-state index contributed by atoms with van der Waals surface area (Å²) in [5.74, 6) is 2.82. The van der Waals surface area contributed by atoms with E-state index in [9.17, 15) is 0 Å². The first-order chi connectivity index (χ1) is 13.8. The summed E-state index contributed by atoms with van der Waals surface area (Å²) in [5.41, 5.74) is 0. The fourth-order valence-electron chi connectivity index (χ4n) is 3.21. The maximum Gasteiger partial charge on any atom is 0.225 e. The fraction of sp³-hybridized carbons (Fsp3) is 0.632. The van der Waals surface area contributed by atoms with Gasteiger partial charge in [-0.15, -0.1) is 34.2 Å². The van der Waals surface area contributed by atoms with E-state index in [1.54, 1.807) is 18.7 Å². The molecule has 0 saturated carbocycles. The predicted molar refractivity (Wildman–Crippen MR) is 126 cm³/mol. The second-order valence-electron chi connectivity index (χ2n) is 6.80. The summed E-state index contributed by atoms with van der Waals surface area (Å²) in [6, 6.07) is 1.85. The van der Waals surface area contributed by atoms with E-state index in [2.05, 4.69) is 53.7 Å². The summed E-state index contributed by atoms with van der Waals surface area (Å²) in [6.45, 7) is 10.4. The van der Waals surface area contributed by atoms with E-state index in [1.807, 2.05) is 6.07 Å². The van der Waals surface area contributed by atoms with Gasteiger partial charge in [-0.05, 0) is 12.5 Å². The summed E-state index contributed by atoms with van der Waals surface area (Å²) in [6.07, 6.45) is 8.53. The van der Waals surface area contributed by atoms with Crippen LogP contribution in [0.3, 0.4) is 0 Å². The lowest BCUT2D eigenvalue weighted by Crippen LogP contribution is -2.53. The molecule has 29 heavy (non-hydrogen) atoms. The minimum absolute atomic E-state index is 0. The molecule has 1 N–H and O–H groups in total. The number of halogens is 1. The van der Waals surface area contributed by atoms with Gasteiger partial charge in [0.15, 0.2) is 5.96 Å². The highest BCUT2D eigenvalue weighted by Crippen LogP contribution is 2.10. The molecule has 0 aromatic carbocycles. The summed E-state index contributed by atoms with van der Waals surface area (Å²) in [5, 5.41) is 11.7. The molecule has 9 nitrogen and oxygen atoms in total. The summed E-state index contributed by atoms with van der Waals surface area (Å²) < 4.78 is 2.10. The van der Waals surface area contributed by atoms with E-state index in [1.165, 1.54) is 0 Å². The maximum absolute atomic E-state index is 4.84. The quantitative estimate of drug-likeness (QED) is 0.250. The van der Waals surface area contributed by atoms with Crippen LogP contribution in [0.5, 0.6) is 0 Å². The molecule has 0 bridgehead atoms. The van der Waals surface area contributed by atoms with Crippen LogP contribution in [0.25, 0.3) is 0 Å². The third-order valence-corrected chi connectivity index (χ3v) is 4.84. The summed E-state index contributed by atoms with van der Waals surface area (Å²) >= 11 is 0. The molecule has 2 aromatic heterocycles. The molecular formula is C19H32IN9. The first-order valence-corrected chi connectivity index (χ1v) is 10.2. The van der Waals surface area contributed by atoms with E-state index >= 15 is 0 Å². The largest absolute Gasteiger partial charge is 0.354 e. The number of nitrogens with one attached hydrogen (secondary N) is 1. The van der Waals surface area contributed by atoms with Gasteiger partial charge in [0.25, 0.3) is 0 Å². The molecule has 0 spiro atoms. The number of hydrogen-bond acceptors (Lipinski definition) is 6. The average Bonchev–Trinajstić information content (AvgIpc) is 3.21. The van der Waals surface area contributed by atoms with Gasteiger partial charge >= 0.3 is 0 Å². The predicted octanol–water partition coefficient (Wildman–Crippen LogP) is 1.82. The molecule has 0 atom stereocenters. The molecule has 0 aliphatic carbocycles. The van der Waals surface area contributed by atoms with Crippen molar-refractivity contribution in [2.24, 2.45) is 4.99 Å². The molecule has 1 saturated heterocycles. The molecule has 3 rings (SSSR count). The topological polar surface area (TPSA) is 87.4 Å². The first kappa shape index (κ1) is 23.3. The van der Waals surface area contributed by atoms with Gasteiger partial charge in [0, 0.05) is 64.6 Å². The van der Waals surface area contributed by atoms with E-state index in [-0.39, 0.29) is 24.0 Å². The van der Waals surface area contributed by atoms with Crippen molar-refractivity contribution in [1.82, 2.24) is 34.9 Å². The van der Waals surface area contributed by atoms with E-state index in [4.69, 9.17) is 4.99 Å². The van der Waals surface area contributed by atoms with Crippen molar-refractivity contribution in [1.29, 1.82) is 0 Å². The molecule has 2 aromatic rings. The standard InChI is InChI=1S/C19H31N9.HI/c1-3-5-7-20-19(23-10-11-28-16-24-25-17(28)4-2)27-14-12-26(13-15-27)18-21-8-6-9-22-18;/h6,8-9,16H,3-5,7,10-15H2,1-2H3,(H,20,23);1H. The van der Waals surface area contributed by atoms with Crippen LogP contribution in [0.2, 0.25) is 0 Å². The van der Waals surface area contributed by atoms with Gasteiger partial charge < -0.3 is 19.7 Å². The number of aromatic nitrogens is 5. The van der Waals surface area contributed by atoms with Gasteiger partial charge in [0.1, 0.15) is 12.2 Å². The van der Waals surface area contributed by atoms with E-state index < -0.39 is 0 Å². The van der Waals surface area contributed by atoms with Crippen molar-refractivity contribution >= 4 is 35.9 Å². The number of rotatable bonds is 8. The minimum Gasteiger partial charge on any atom is -0.354 e. The normalized spacial score (nSPS) is 14.6. The highest BCUT2D eigenvalue weighted by atomic mass is 127. The fourth-order valence-corrected chi connectivity index (χ4v) is 3.21. The zero-order valence-electron chi connectivity index (χ0n) is 17.4. The molecule has 1 fully saturated rings. The van der Waals surface area contributed by atoms with Crippen LogP contribution in [0.15, 0.2) is 29.8 Å². The number of guanidine groups is 1. The molecule has 10 heteroatoms. The van der Waals surface area contributed by atoms with Crippen molar-refractivity contribution in [2.45, 2.75) is 39.7 Å². The lowest BCUT2D eigenvalue weighted by atomic mass is 10.3. The van der Waals surface area contributed by atoms with Crippen LogP contribution in [-0.2, 0) is 13.0 Å². The number of unbranched alkanes of at least 4 members (excludes halogenated alkanes) is 1. The zero-order chi connectivity index (χ0) is 19.6. The Morgan fingerprint density at radius 3 is 2.59 bits per heavy atom. The van der Waals surface area contributed by atoms with Gasteiger partial charge in [-0.3, -0.25) is 4.99 Å². The highest BCUT2D eigenvalue weighted by Gasteiger charge is 2.21. The Hall–Kier alpha value is -1.98. The average molecular weight is 513 g/mol. The Kier molecular flexibility index (Phi) is 10.1. The molecular weight excluding hydrogens is 481 g/mol. The third-order valence-electron chi connectivity index (χ3n) is 4.84. The summed E-state index contributed by atoms with van der Waals surface area (Å²) in [4.78, 5) is 18.1. The highest BCUT2D eigenvalue weighted by molar-refractivity contribution is 14.0. The van der Waals surface area contributed by atoms with Gasteiger partial charge in [-0.25, -0.2) is 9.97 Å². The van der Waals surface area contributed by atoms with Crippen LogP contribution in [0.1, 0.15) is 32.5 Å². The number of aliphatic imine (C=N–C) groups is 1. The van der Waals surface area contributed by atoms with Crippen LogP contribution >= 0.6 is 24.0 Å². The molecule has 0 radical (unpaired) electrons. The van der Waals surface area contributed by atoms with Crippen molar-refractivity contribution in [3.8, 4) is 0 Å². The van der Waals surface area contributed by atoms with Crippen LogP contribution < -0.4 is 10.2 Å². The SMILES string of the molecule is CCCCN=C(NCCn1cnnc1CC)N1CCN(c2ncccn2)CC1.I.